The summed E-state index contributed by atoms with van der Waals surface area (Å²) in [7, 11) is 0. The van der Waals surface area contributed by atoms with Crippen LogP contribution in [0.15, 0.2) is 9.79 Å². The number of nitrogens with two attached hydrogens (primary N) is 1. The summed E-state index contributed by atoms with van der Waals surface area (Å²) >= 11 is 0. The van der Waals surface area contributed by atoms with Gasteiger partial charge in [0.25, 0.3) is 5.56 Å². The topological polar surface area (TPSA) is 137 Å². The van der Waals surface area contributed by atoms with Crippen molar-refractivity contribution >= 4 is 23.2 Å². The maximum Gasteiger partial charge on any atom is 0.280 e. The summed E-state index contributed by atoms with van der Waals surface area (Å²) in [4.78, 5) is 21.5. The number of fused-ring (bicyclic) bond motifs is 1. The molecular weight excluding hydrogens is 227 g/mol. The first kappa shape index (κ1) is 8.20. The Kier molecular flexibility index (Phi) is 2.00. The second kappa shape index (κ2) is 4.15. The lowest BCUT2D eigenvalue weighted by molar-refractivity contribution is 0.0731. The SMILES string of the molecule is [2H][13C]([2H])([2H])[C@H](O)[C@H](O)C1=Nc2c(nc(N)[nH]c2=O)NC1. The summed E-state index contributed by atoms with van der Waals surface area (Å²) in [6.07, 6.45) is -3.72. The van der Waals surface area contributed by atoms with Gasteiger partial charge in [0.05, 0.1) is 18.4 Å². The molecule has 1 aromatic rings. The molecule has 0 bridgehead atoms. The average molecular weight is 243 g/mol. The van der Waals surface area contributed by atoms with E-state index < -0.39 is 24.6 Å². The zero-order chi connectivity index (χ0) is 15.1. The molecule has 92 valence electrons. The Balaban J connectivity index is 2.37. The summed E-state index contributed by atoms with van der Waals surface area (Å²) < 4.78 is 21.2. The van der Waals surface area contributed by atoms with Crippen molar-refractivity contribution in [2.45, 2.75) is 19.1 Å². The maximum absolute atomic E-state index is 11.6. The standard InChI is InChI=1S/C9H13N5O3/c1-3(15)6(16)4-2-11-7-5(12-4)8(17)14-9(10)13-7/h3,6,15-16H,2H2,1H3,(H4,10,11,13,14,17)/t3-,6-/m0/s1/i1+1D3. The van der Waals surface area contributed by atoms with Crippen molar-refractivity contribution in [3.8, 4) is 0 Å². The van der Waals surface area contributed by atoms with Gasteiger partial charge in [0, 0.05) is 4.11 Å². The van der Waals surface area contributed by atoms with Crippen molar-refractivity contribution in [2.24, 2.45) is 4.99 Å². The maximum atomic E-state index is 11.6. The smallest absolute Gasteiger partial charge is 0.280 e. The van der Waals surface area contributed by atoms with E-state index in [-0.39, 0.29) is 29.7 Å². The number of nitrogen functional groups attached to an aromatic ring is 1. The molecule has 2 heterocycles. The first-order valence-corrected chi connectivity index (χ1v) is 4.77. The van der Waals surface area contributed by atoms with Crippen LogP contribution in [-0.2, 0) is 0 Å². The largest absolute Gasteiger partial charge is 0.390 e. The van der Waals surface area contributed by atoms with Crippen LogP contribution in [0.4, 0.5) is 17.5 Å². The fourth-order valence-electron chi connectivity index (χ4n) is 1.42. The third-order valence-electron chi connectivity index (χ3n) is 2.25. The molecule has 2 rings (SSSR count). The fraction of sp³-hybridized carbons (Fsp3) is 0.444. The first-order valence-electron chi connectivity index (χ1n) is 6.27. The lowest BCUT2D eigenvalue weighted by atomic mass is 10.1. The number of rotatable bonds is 2. The zero-order valence-electron chi connectivity index (χ0n) is 11.6. The third-order valence-corrected chi connectivity index (χ3v) is 2.25. The molecule has 0 radical (unpaired) electrons. The van der Waals surface area contributed by atoms with Crippen LogP contribution >= 0.6 is 0 Å². The molecule has 1 aliphatic rings. The van der Waals surface area contributed by atoms with Crippen LogP contribution < -0.4 is 16.6 Å². The lowest BCUT2D eigenvalue weighted by Gasteiger charge is -2.21. The van der Waals surface area contributed by atoms with Gasteiger partial charge in [-0.1, -0.05) is 0 Å². The van der Waals surface area contributed by atoms with Crippen LogP contribution in [0.2, 0.25) is 0 Å². The van der Waals surface area contributed by atoms with Gasteiger partial charge in [-0.15, -0.1) is 0 Å². The highest BCUT2D eigenvalue weighted by Gasteiger charge is 2.24. The molecule has 0 aliphatic carbocycles. The predicted octanol–water partition coefficient (Wildman–Crippen LogP) is -1.41. The number of nitrogens with zero attached hydrogens (tertiary/aromatic N) is 2. The quantitative estimate of drug-likeness (QED) is 0.405. The number of hydrogen-bond donors (Lipinski definition) is 5. The van der Waals surface area contributed by atoms with Gasteiger partial charge in [-0.25, -0.2) is 4.99 Å². The van der Waals surface area contributed by atoms with E-state index >= 15 is 0 Å². The first-order chi connectivity index (χ1) is 9.20. The Labute approximate surface area is 100 Å². The number of aliphatic imine (C=N–C) groups is 1. The molecule has 0 saturated heterocycles. The molecule has 0 fully saturated rings. The van der Waals surface area contributed by atoms with Gasteiger partial charge >= 0.3 is 0 Å². The minimum absolute atomic E-state index is 0.0583. The Morgan fingerprint density at radius 2 is 2.35 bits per heavy atom. The van der Waals surface area contributed by atoms with Gasteiger partial charge in [-0.3, -0.25) is 9.78 Å². The second-order valence-electron chi connectivity index (χ2n) is 3.49. The predicted molar refractivity (Wildman–Crippen MR) is 62.5 cm³/mol. The van der Waals surface area contributed by atoms with Crippen molar-refractivity contribution in [3.05, 3.63) is 10.4 Å². The fourth-order valence-corrected chi connectivity index (χ4v) is 1.42. The van der Waals surface area contributed by atoms with Crippen LogP contribution in [-0.4, -0.2) is 44.6 Å². The van der Waals surface area contributed by atoms with Crippen LogP contribution in [0, 0.1) is 0 Å². The summed E-state index contributed by atoms with van der Waals surface area (Å²) in [6.45, 7) is -2.81. The number of hydrogen-bond acceptors (Lipinski definition) is 7. The Hall–Kier alpha value is -1.93. The molecule has 8 heteroatoms. The van der Waals surface area contributed by atoms with E-state index in [0.717, 1.165) is 0 Å². The Bertz CT molecular complexity index is 612. The molecule has 17 heavy (non-hydrogen) atoms. The minimum Gasteiger partial charge on any atom is -0.390 e. The number of aromatic amines is 1. The van der Waals surface area contributed by atoms with Gasteiger partial charge in [0.15, 0.2) is 11.5 Å². The van der Waals surface area contributed by atoms with Gasteiger partial charge in [-0.05, 0) is 6.85 Å². The molecule has 0 amide bonds. The van der Waals surface area contributed by atoms with Gasteiger partial charge in [-0.2, -0.15) is 4.98 Å². The zero-order valence-corrected chi connectivity index (χ0v) is 8.64. The van der Waals surface area contributed by atoms with E-state index in [0.29, 0.717) is 0 Å². The van der Waals surface area contributed by atoms with Crippen LogP contribution in [0.25, 0.3) is 0 Å². The molecule has 8 nitrogen and oxygen atoms in total. The molecular formula is C9H13N5O3. The molecule has 2 atom stereocenters. The average Bonchev–Trinajstić information content (AvgIpc) is 2.35. The van der Waals surface area contributed by atoms with E-state index in [2.05, 4.69) is 20.3 Å². The molecule has 0 unspecified atom stereocenters. The van der Waals surface area contributed by atoms with Crippen molar-refractivity contribution in [3.63, 3.8) is 0 Å². The van der Waals surface area contributed by atoms with Crippen molar-refractivity contribution in [2.75, 3.05) is 17.6 Å². The van der Waals surface area contributed by atoms with E-state index in [4.69, 9.17) is 9.85 Å². The summed E-state index contributed by atoms with van der Waals surface area (Å²) in [5.74, 6) is 0.0357. The van der Waals surface area contributed by atoms with Crippen molar-refractivity contribution in [1.29, 1.82) is 0 Å². The van der Waals surface area contributed by atoms with Crippen molar-refractivity contribution < 1.29 is 14.3 Å². The van der Waals surface area contributed by atoms with Gasteiger partial charge < -0.3 is 21.3 Å². The highest BCUT2D eigenvalue weighted by atomic mass is 16.3. The van der Waals surface area contributed by atoms with E-state index in [1.165, 1.54) is 0 Å². The van der Waals surface area contributed by atoms with Crippen molar-refractivity contribution in [1.82, 2.24) is 9.97 Å². The molecule has 6 N–H and O–H groups in total. The van der Waals surface area contributed by atoms with E-state index in [1.807, 2.05) is 0 Å². The molecule has 1 aliphatic heterocycles. The minimum atomic E-state index is -2.76. The number of nitrogens with one attached hydrogen (secondary N) is 2. The number of H-pyrrole nitrogens is 1. The Morgan fingerprint density at radius 1 is 1.59 bits per heavy atom. The molecule has 0 aromatic carbocycles. The number of aromatic nitrogens is 2. The van der Waals surface area contributed by atoms with E-state index in [9.17, 15) is 15.0 Å². The summed E-state index contributed by atoms with van der Waals surface area (Å²) in [6, 6.07) is 0. The van der Waals surface area contributed by atoms with Crippen LogP contribution in [0.5, 0.6) is 0 Å². The molecule has 1 aromatic heterocycles. The van der Waals surface area contributed by atoms with Gasteiger partial charge in [0.2, 0.25) is 5.95 Å². The number of aliphatic hydroxyl groups excluding tert-OH is 2. The van der Waals surface area contributed by atoms with Crippen LogP contribution in [0.3, 0.4) is 0 Å². The van der Waals surface area contributed by atoms with Gasteiger partial charge in [0.1, 0.15) is 6.10 Å². The normalized spacial score (nSPS) is 21.1. The highest BCUT2D eigenvalue weighted by molar-refractivity contribution is 5.97. The summed E-state index contributed by atoms with van der Waals surface area (Å²) in [5.41, 5.74) is 4.53. The second-order valence-corrected chi connectivity index (χ2v) is 3.49. The molecule has 0 saturated carbocycles. The molecule has 0 spiro atoms. The number of anilines is 2. The third kappa shape index (κ3) is 2.12. The Morgan fingerprint density at radius 3 is 3.06 bits per heavy atom. The lowest BCUT2D eigenvalue weighted by Crippen LogP contribution is -2.38. The number of aliphatic hydroxyl groups is 2. The summed E-state index contributed by atoms with van der Waals surface area (Å²) in [5, 5.41) is 22.0. The monoisotopic (exact) mass is 243 g/mol. The highest BCUT2D eigenvalue weighted by Crippen LogP contribution is 2.22. The van der Waals surface area contributed by atoms with Crippen LogP contribution in [0.1, 0.15) is 11.0 Å². The van der Waals surface area contributed by atoms with E-state index in [1.54, 1.807) is 0 Å².